The molecule has 0 unspecified atom stereocenters. The molecule has 1 aromatic rings. The smallest absolute Gasteiger partial charge is 0.141 e. The van der Waals surface area contributed by atoms with E-state index < -0.39 is 0 Å². The van der Waals surface area contributed by atoms with Crippen LogP contribution in [0.1, 0.15) is 11.4 Å². The van der Waals surface area contributed by atoms with E-state index in [2.05, 4.69) is 22.1 Å². The molecule has 64 valence electrons. The summed E-state index contributed by atoms with van der Waals surface area (Å²) in [5.74, 6) is 5.72. The number of aromatic nitrogens is 1. The van der Waals surface area contributed by atoms with Gasteiger partial charge in [0.25, 0.3) is 0 Å². The Hall–Kier alpha value is -1.84. The van der Waals surface area contributed by atoms with Crippen LogP contribution in [-0.2, 0) is 0 Å². The highest BCUT2D eigenvalue weighted by atomic mass is 14.8. The molecule has 0 aromatic carbocycles. The van der Waals surface area contributed by atoms with Crippen LogP contribution in [-0.4, -0.2) is 18.6 Å². The summed E-state index contributed by atoms with van der Waals surface area (Å²) in [5.41, 5.74) is 1.03. The molecule has 0 amide bonds. The quantitative estimate of drug-likeness (QED) is 0.627. The van der Waals surface area contributed by atoms with E-state index in [-0.39, 0.29) is 0 Å². The zero-order chi connectivity index (χ0) is 9.52. The lowest BCUT2D eigenvalue weighted by molar-refractivity contribution is 0.938. The van der Waals surface area contributed by atoms with Crippen molar-refractivity contribution in [3.8, 4) is 17.9 Å². The molecular weight excluding hydrogens is 162 g/mol. The van der Waals surface area contributed by atoms with Crippen LogP contribution >= 0.6 is 0 Å². The first-order chi connectivity index (χ1) is 6.36. The molecule has 3 heteroatoms. The fourth-order valence-corrected chi connectivity index (χ4v) is 0.790. The summed E-state index contributed by atoms with van der Waals surface area (Å²) in [7, 11) is 1.83. The van der Waals surface area contributed by atoms with Crippen molar-refractivity contribution >= 4 is 0 Å². The molecule has 0 radical (unpaired) electrons. The molecule has 1 aromatic heterocycles. The van der Waals surface area contributed by atoms with Crippen LogP contribution in [0.5, 0.6) is 0 Å². The van der Waals surface area contributed by atoms with Crippen molar-refractivity contribution < 1.29 is 0 Å². The molecular formula is C10H9N3. The van der Waals surface area contributed by atoms with Gasteiger partial charge >= 0.3 is 0 Å². The summed E-state index contributed by atoms with van der Waals surface area (Å²) < 4.78 is 0. The minimum Gasteiger partial charge on any atom is -0.309 e. The Kier molecular flexibility index (Phi) is 3.50. The third kappa shape index (κ3) is 2.94. The maximum Gasteiger partial charge on any atom is 0.141 e. The van der Waals surface area contributed by atoms with Crippen molar-refractivity contribution in [1.82, 2.24) is 10.3 Å². The first kappa shape index (κ1) is 9.25. The fourth-order valence-electron chi connectivity index (χ4n) is 0.790. The van der Waals surface area contributed by atoms with Crippen molar-refractivity contribution in [3.63, 3.8) is 0 Å². The SMILES string of the molecule is CNCC#Cc1cccc(C#N)n1. The number of nitrogens with one attached hydrogen (secondary N) is 1. The summed E-state index contributed by atoms with van der Waals surface area (Å²) in [5, 5.41) is 11.5. The molecule has 0 saturated carbocycles. The highest BCUT2D eigenvalue weighted by Gasteiger charge is 1.91. The molecule has 0 aliphatic carbocycles. The normalized spacial score (nSPS) is 8.31. The van der Waals surface area contributed by atoms with E-state index in [4.69, 9.17) is 5.26 Å². The van der Waals surface area contributed by atoms with Gasteiger partial charge in [0.1, 0.15) is 17.5 Å². The van der Waals surface area contributed by atoms with Crippen LogP contribution in [0.3, 0.4) is 0 Å². The summed E-state index contributed by atoms with van der Waals surface area (Å²) in [4.78, 5) is 4.00. The summed E-state index contributed by atoms with van der Waals surface area (Å²) >= 11 is 0. The number of nitriles is 1. The van der Waals surface area contributed by atoms with Crippen LogP contribution in [0.2, 0.25) is 0 Å². The number of pyridine rings is 1. The van der Waals surface area contributed by atoms with Crippen LogP contribution in [0.15, 0.2) is 18.2 Å². The molecule has 13 heavy (non-hydrogen) atoms. The second kappa shape index (κ2) is 4.92. The highest BCUT2D eigenvalue weighted by Crippen LogP contribution is 1.95. The predicted molar refractivity (Wildman–Crippen MR) is 49.8 cm³/mol. The third-order valence-electron chi connectivity index (χ3n) is 1.35. The standard InChI is InChI=1S/C10H9N3/c1-12-7-3-6-9-4-2-5-10(8-11)13-9/h2,4-5,12H,7H2,1H3. The maximum atomic E-state index is 8.56. The molecule has 0 spiro atoms. The maximum absolute atomic E-state index is 8.56. The van der Waals surface area contributed by atoms with Crippen molar-refractivity contribution in [3.05, 3.63) is 29.6 Å². The van der Waals surface area contributed by atoms with Gasteiger partial charge in [-0.05, 0) is 25.1 Å². The van der Waals surface area contributed by atoms with Gasteiger partial charge in [0.05, 0.1) is 6.54 Å². The van der Waals surface area contributed by atoms with Gasteiger partial charge in [0.15, 0.2) is 0 Å². The summed E-state index contributed by atoms with van der Waals surface area (Å²) in [6.07, 6.45) is 0. The lowest BCUT2D eigenvalue weighted by Gasteiger charge is -1.89. The Morgan fingerprint density at radius 2 is 2.23 bits per heavy atom. The molecule has 1 rings (SSSR count). The van der Waals surface area contributed by atoms with Crippen LogP contribution in [0.4, 0.5) is 0 Å². The van der Waals surface area contributed by atoms with Gasteiger partial charge in [-0.25, -0.2) is 4.98 Å². The zero-order valence-corrected chi connectivity index (χ0v) is 7.33. The Morgan fingerprint density at radius 1 is 1.46 bits per heavy atom. The van der Waals surface area contributed by atoms with Gasteiger partial charge in [-0.3, -0.25) is 0 Å². The van der Waals surface area contributed by atoms with E-state index in [1.54, 1.807) is 18.2 Å². The Bertz CT molecular complexity index is 379. The number of rotatable bonds is 1. The van der Waals surface area contributed by atoms with E-state index in [1.165, 1.54) is 0 Å². The van der Waals surface area contributed by atoms with E-state index in [9.17, 15) is 0 Å². The molecule has 0 aliphatic heterocycles. The average molecular weight is 171 g/mol. The first-order valence-electron chi connectivity index (χ1n) is 3.87. The van der Waals surface area contributed by atoms with E-state index in [0.717, 1.165) is 0 Å². The Labute approximate surface area is 77.4 Å². The van der Waals surface area contributed by atoms with E-state index in [1.807, 2.05) is 13.1 Å². The molecule has 1 N–H and O–H groups in total. The molecule has 3 nitrogen and oxygen atoms in total. The number of hydrogen-bond donors (Lipinski definition) is 1. The molecule has 1 heterocycles. The highest BCUT2D eigenvalue weighted by molar-refractivity contribution is 5.32. The van der Waals surface area contributed by atoms with Crippen molar-refractivity contribution in [1.29, 1.82) is 5.26 Å². The third-order valence-corrected chi connectivity index (χ3v) is 1.35. The molecule has 0 bridgehead atoms. The van der Waals surface area contributed by atoms with Gasteiger partial charge in [-0.1, -0.05) is 12.0 Å². The molecule has 0 fully saturated rings. The lowest BCUT2D eigenvalue weighted by atomic mass is 10.3. The molecule has 0 atom stereocenters. The first-order valence-corrected chi connectivity index (χ1v) is 3.87. The minimum absolute atomic E-state index is 0.399. The van der Waals surface area contributed by atoms with Crippen LogP contribution in [0, 0.1) is 23.2 Å². The molecule has 0 saturated heterocycles. The van der Waals surface area contributed by atoms with E-state index in [0.29, 0.717) is 17.9 Å². The van der Waals surface area contributed by atoms with Gasteiger partial charge in [0.2, 0.25) is 0 Å². The van der Waals surface area contributed by atoms with E-state index >= 15 is 0 Å². The minimum atomic E-state index is 0.399. The Balaban J connectivity index is 2.81. The summed E-state index contributed by atoms with van der Waals surface area (Å²) in [6, 6.07) is 7.17. The van der Waals surface area contributed by atoms with Crippen LogP contribution in [0.25, 0.3) is 0 Å². The van der Waals surface area contributed by atoms with Crippen molar-refractivity contribution in [2.75, 3.05) is 13.6 Å². The monoisotopic (exact) mass is 171 g/mol. The molecule has 0 aliphatic rings. The van der Waals surface area contributed by atoms with Crippen molar-refractivity contribution in [2.45, 2.75) is 0 Å². The second-order valence-corrected chi connectivity index (χ2v) is 2.35. The predicted octanol–water partition coefficient (Wildman–Crippen LogP) is 0.524. The lowest BCUT2D eigenvalue weighted by Crippen LogP contribution is -2.04. The zero-order valence-electron chi connectivity index (χ0n) is 7.33. The number of nitrogens with zero attached hydrogens (tertiary/aromatic N) is 2. The summed E-state index contributed by atoms with van der Waals surface area (Å²) in [6.45, 7) is 0.623. The second-order valence-electron chi connectivity index (χ2n) is 2.35. The van der Waals surface area contributed by atoms with Gasteiger partial charge in [0, 0.05) is 0 Å². The largest absolute Gasteiger partial charge is 0.309 e. The average Bonchev–Trinajstić information content (AvgIpc) is 2.19. The Morgan fingerprint density at radius 3 is 2.92 bits per heavy atom. The van der Waals surface area contributed by atoms with Gasteiger partial charge in [-0.2, -0.15) is 5.26 Å². The van der Waals surface area contributed by atoms with Gasteiger partial charge in [-0.15, -0.1) is 0 Å². The fraction of sp³-hybridized carbons (Fsp3) is 0.200. The van der Waals surface area contributed by atoms with Crippen molar-refractivity contribution in [2.24, 2.45) is 0 Å². The van der Waals surface area contributed by atoms with Gasteiger partial charge < -0.3 is 5.32 Å². The van der Waals surface area contributed by atoms with Crippen LogP contribution < -0.4 is 5.32 Å². The number of hydrogen-bond acceptors (Lipinski definition) is 3. The topological polar surface area (TPSA) is 48.7 Å².